The highest BCUT2D eigenvalue weighted by Crippen LogP contribution is 2.23. The minimum Gasteiger partial charge on any atom is -0.313 e. The van der Waals surface area contributed by atoms with Gasteiger partial charge in [0.25, 0.3) is 5.56 Å². The van der Waals surface area contributed by atoms with E-state index >= 15 is 0 Å². The molecule has 0 radical (unpaired) electrons. The zero-order valence-corrected chi connectivity index (χ0v) is 17.2. The van der Waals surface area contributed by atoms with Crippen molar-refractivity contribution in [2.24, 2.45) is 7.05 Å². The molecule has 0 aromatic carbocycles. The number of hydrogen-bond acceptors (Lipinski definition) is 4. The summed E-state index contributed by atoms with van der Waals surface area (Å²) in [5, 5.41) is 0.844. The van der Waals surface area contributed by atoms with E-state index in [4.69, 9.17) is 0 Å². The molecule has 2 aromatic heterocycles. The van der Waals surface area contributed by atoms with E-state index in [0.717, 1.165) is 36.7 Å². The van der Waals surface area contributed by atoms with Crippen LogP contribution >= 0.6 is 11.8 Å². The van der Waals surface area contributed by atoms with Crippen molar-refractivity contribution in [3.8, 4) is 0 Å². The summed E-state index contributed by atoms with van der Waals surface area (Å²) in [6.45, 7) is 5.14. The number of imidazole rings is 1. The maximum absolute atomic E-state index is 12.4. The molecule has 0 amide bonds. The highest BCUT2D eigenvalue weighted by Gasteiger charge is 2.17. The van der Waals surface area contributed by atoms with Crippen molar-refractivity contribution in [2.75, 3.05) is 5.75 Å². The Balaban J connectivity index is 2.08. The van der Waals surface area contributed by atoms with Gasteiger partial charge in [-0.15, -0.1) is 0 Å². The van der Waals surface area contributed by atoms with Crippen molar-refractivity contribution in [3.05, 3.63) is 20.8 Å². The van der Waals surface area contributed by atoms with Crippen LogP contribution < -0.4 is 11.2 Å². The van der Waals surface area contributed by atoms with Crippen LogP contribution in [0.15, 0.2) is 14.7 Å². The Morgan fingerprint density at radius 3 is 2.27 bits per heavy atom. The molecule has 0 unspecified atom stereocenters. The predicted octanol–water partition coefficient (Wildman–Crippen LogP) is 4.07. The van der Waals surface area contributed by atoms with Gasteiger partial charge in [0, 0.05) is 19.3 Å². The van der Waals surface area contributed by atoms with Crippen molar-refractivity contribution in [1.82, 2.24) is 19.1 Å². The summed E-state index contributed by atoms with van der Waals surface area (Å²) in [6.07, 6.45) is 11.0. The Hall–Kier alpha value is -1.50. The Bertz CT molecular complexity index is 806. The molecule has 0 bridgehead atoms. The monoisotopic (exact) mass is 380 g/mol. The molecule has 0 aliphatic carbocycles. The molecule has 2 heterocycles. The van der Waals surface area contributed by atoms with Crippen LogP contribution in [0.2, 0.25) is 0 Å². The third kappa shape index (κ3) is 5.25. The van der Waals surface area contributed by atoms with Crippen molar-refractivity contribution in [1.29, 1.82) is 0 Å². The lowest BCUT2D eigenvalue weighted by Crippen LogP contribution is -2.29. The molecule has 7 heteroatoms. The number of aryl methyl sites for hydroxylation is 2. The molecule has 6 nitrogen and oxygen atoms in total. The molecule has 0 aliphatic rings. The summed E-state index contributed by atoms with van der Waals surface area (Å²) < 4.78 is 3.43. The predicted molar refractivity (Wildman–Crippen MR) is 109 cm³/mol. The first-order valence-corrected chi connectivity index (χ1v) is 10.9. The number of aromatic nitrogens is 4. The summed E-state index contributed by atoms with van der Waals surface area (Å²) in [5.41, 5.74) is 0.260. The number of aromatic amines is 1. The van der Waals surface area contributed by atoms with Crippen molar-refractivity contribution >= 4 is 22.9 Å². The van der Waals surface area contributed by atoms with Crippen LogP contribution in [0, 0.1) is 0 Å². The van der Waals surface area contributed by atoms with Crippen LogP contribution in [0.1, 0.15) is 71.6 Å². The number of unbranched alkanes of at least 4 members (excludes halogenated alkanes) is 7. The molecule has 146 valence electrons. The first kappa shape index (κ1) is 20.8. The van der Waals surface area contributed by atoms with Crippen molar-refractivity contribution < 1.29 is 0 Å². The second-order valence-corrected chi connectivity index (χ2v) is 7.92. The van der Waals surface area contributed by atoms with Gasteiger partial charge in [0.15, 0.2) is 16.3 Å². The lowest BCUT2D eigenvalue weighted by atomic mass is 10.1. The first-order valence-electron chi connectivity index (χ1n) is 9.92. The molecular weight excluding hydrogens is 348 g/mol. The SMILES string of the molecule is CCCCCCCCCCn1c(SCCC)nc2c1c(=O)[nH]c(=O)n2C. The molecule has 2 rings (SSSR count). The highest BCUT2D eigenvalue weighted by atomic mass is 32.2. The number of nitrogens with one attached hydrogen (secondary N) is 1. The van der Waals surface area contributed by atoms with Gasteiger partial charge in [0.1, 0.15) is 0 Å². The average Bonchev–Trinajstić information content (AvgIpc) is 2.99. The van der Waals surface area contributed by atoms with Gasteiger partial charge < -0.3 is 4.57 Å². The largest absolute Gasteiger partial charge is 0.329 e. The minimum absolute atomic E-state index is 0.335. The quantitative estimate of drug-likeness (QED) is 0.445. The maximum Gasteiger partial charge on any atom is 0.329 e. The lowest BCUT2D eigenvalue weighted by molar-refractivity contribution is 0.533. The van der Waals surface area contributed by atoms with E-state index in [1.807, 2.05) is 4.57 Å². The van der Waals surface area contributed by atoms with Gasteiger partial charge in [-0.2, -0.15) is 0 Å². The van der Waals surface area contributed by atoms with E-state index in [9.17, 15) is 9.59 Å². The van der Waals surface area contributed by atoms with Gasteiger partial charge in [0.05, 0.1) is 0 Å². The van der Waals surface area contributed by atoms with Gasteiger partial charge in [0.2, 0.25) is 0 Å². The van der Waals surface area contributed by atoms with Gasteiger partial charge >= 0.3 is 5.69 Å². The molecule has 2 aromatic rings. The summed E-state index contributed by atoms with van der Waals surface area (Å²) in [4.78, 5) is 31.2. The zero-order valence-electron chi connectivity index (χ0n) is 16.3. The van der Waals surface area contributed by atoms with Gasteiger partial charge in [-0.1, -0.05) is 70.6 Å². The minimum atomic E-state index is -0.411. The molecule has 0 saturated heterocycles. The van der Waals surface area contributed by atoms with E-state index in [2.05, 4.69) is 23.8 Å². The number of H-pyrrole nitrogens is 1. The Kier molecular flexibility index (Phi) is 8.48. The van der Waals surface area contributed by atoms with Crippen molar-refractivity contribution in [3.63, 3.8) is 0 Å². The number of rotatable bonds is 12. The Labute approximate surface area is 159 Å². The van der Waals surface area contributed by atoms with E-state index < -0.39 is 5.69 Å². The van der Waals surface area contributed by atoms with Crippen molar-refractivity contribution in [2.45, 2.75) is 83.3 Å². The third-order valence-electron chi connectivity index (χ3n) is 4.64. The molecule has 0 saturated carbocycles. The van der Waals surface area contributed by atoms with Crippen LogP contribution in [0.3, 0.4) is 0 Å². The van der Waals surface area contributed by atoms with E-state index in [1.165, 1.54) is 43.1 Å². The molecule has 26 heavy (non-hydrogen) atoms. The second kappa shape index (κ2) is 10.6. The van der Waals surface area contributed by atoms with Crippen LogP contribution in [0.5, 0.6) is 0 Å². The number of fused-ring (bicyclic) bond motifs is 1. The second-order valence-electron chi connectivity index (χ2n) is 6.86. The van der Waals surface area contributed by atoms with E-state index in [-0.39, 0.29) is 5.56 Å². The fourth-order valence-corrected chi connectivity index (χ4v) is 4.01. The fourth-order valence-electron chi connectivity index (χ4n) is 3.13. The summed E-state index contributed by atoms with van der Waals surface area (Å²) in [6, 6.07) is 0. The molecular formula is C19H32N4O2S. The number of thioether (sulfide) groups is 1. The molecule has 0 aliphatic heterocycles. The standard InChI is InChI=1S/C19H32N4O2S/c1-4-6-7-8-9-10-11-12-13-23-15-16(20-19(23)26-14-5-2)22(3)18(25)21-17(15)24/h4-14H2,1-3H3,(H,21,24,25). The summed E-state index contributed by atoms with van der Waals surface area (Å²) in [5.74, 6) is 0.951. The number of hydrogen-bond donors (Lipinski definition) is 1. The topological polar surface area (TPSA) is 72.7 Å². The van der Waals surface area contributed by atoms with Crippen LogP contribution in [-0.2, 0) is 13.6 Å². The molecule has 0 atom stereocenters. The summed E-state index contributed by atoms with van der Waals surface area (Å²) >= 11 is 1.66. The van der Waals surface area contributed by atoms with Crippen LogP contribution in [0.25, 0.3) is 11.2 Å². The number of nitrogens with zero attached hydrogens (tertiary/aromatic N) is 3. The van der Waals surface area contributed by atoms with E-state index in [0.29, 0.717) is 11.2 Å². The normalized spacial score (nSPS) is 11.5. The van der Waals surface area contributed by atoms with Crippen LogP contribution in [-0.4, -0.2) is 24.9 Å². The highest BCUT2D eigenvalue weighted by molar-refractivity contribution is 7.99. The smallest absolute Gasteiger partial charge is 0.313 e. The Morgan fingerprint density at radius 1 is 0.962 bits per heavy atom. The van der Waals surface area contributed by atoms with Gasteiger partial charge in [-0.25, -0.2) is 9.78 Å². The summed E-state index contributed by atoms with van der Waals surface area (Å²) in [7, 11) is 1.66. The zero-order chi connectivity index (χ0) is 18.9. The molecule has 0 spiro atoms. The average molecular weight is 381 g/mol. The molecule has 0 fully saturated rings. The van der Waals surface area contributed by atoms with E-state index in [1.54, 1.807) is 18.8 Å². The van der Waals surface area contributed by atoms with Gasteiger partial charge in [-0.05, 0) is 12.8 Å². The maximum atomic E-state index is 12.4. The molecule has 1 N–H and O–H groups in total. The fraction of sp³-hybridized carbons (Fsp3) is 0.737. The lowest BCUT2D eigenvalue weighted by Gasteiger charge is -2.08. The van der Waals surface area contributed by atoms with Gasteiger partial charge in [-0.3, -0.25) is 14.3 Å². The van der Waals surface area contributed by atoms with Crippen LogP contribution in [0.4, 0.5) is 0 Å². The third-order valence-corrected chi connectivity index (χ3v) is 5.82. The first-order chi connectivity index (χ1) is 12.6. The Morgan fingerprint density at radius 2 is 1.62 bits per heavy atom.